The summed E-state index contributed by atoms with van der Waals surface area (Å²) in [5.74, 6) is 0. The summed E-state index contributed by atoms with van der Waals surface area (Å²) in [4.78, 5) is 11.8. The lowest BCUT2D eigenvalue weighted by molar-refractivity contribution is 0.565. The fraction of sp³-hybridized carbons (Fsp3) is 0.600. The summed E-state index contributed by atoms with van der Waals surface area (Å²) in [6.45, 7) is 6.70. The molecule has 1 rings (SSSR count). The van der Waals surface area contributed by atoms with Crippen LogP contribution in [0.5, 0.6) is 0 Å². The van der Waals surface area contributed by atoms with Crippen molar-refractivity contribution in [3.8, 4) is 0 Å². The number of hydrogen-bond donors (Lipinski definition) is 1. The molecule has 5 heteroatoms. The highest BCUT2D eigenvalue weighted by Crippen LogP contribution is 2.16. The number of nitrogens with zero attached hydrogens (tertiary/aromatic N) is 2. The highest BCUT2D eigenvalue weighted by atomic mass is 79.9. The van der Waals surface area contributed by atoms with E-state index in [1.54, 1.807) is 6.20 Å². The Morgan fingerprint density at radius 2 is 2.27 bits per heavy atom. The molecule has 0 aliphatic carbocycles. The van der Waals surface area contributed by atoms with Crippen molar-refractivity contribution in [1.29, 1.82) is 0 Å². The van der Waals surface area contributed by atoms with Crippen LogP contribution in [0.2, 0.25) is 0 Å². The molecule has 84 valence electrons. The molecule has 0 amide bonds. The molecule has 0 aromatic carbocycles. The third-order valence-electron chi connectivity index (χ3n) is 1.86. The van der Waals surface area contributed by atoms with Crippen LogP contribution in [0.1, 0.15) is 27.2 Å². The molecular weight excluding hydrogens is 258 g/mol. The summed E-state index contributed by atoms with van der Waals surface area (Å²) in [5, 5.41) is 7.25. The molecule has 4 nitrogen and oxygen atoms in total. The first-order valence-corrected chi connectivity index (χ1v) is 5.87. The SMILES string of the molecule is CCCn1ncc(NC(C)C)c(Br)c1=O. The van der Waals surface area contributed by atoms with Gasteiger partial charge in [-0.3, -0.25) is 4.79 Å². The average Bonchev–Trinajstić information content (AvgIpc) is 2.17. The van der Waals surface area contributed by atoms with Gasteiger partial charge in [0.2, 0.25) is 0 Å². The van der Waals surface area contributed by atoms with Crippen LogP contribution in [0.3, 0.4) is 0 Å². The monoisotopic (exact) mass is 273 g/mol. The molecular formula is C10H16BrN3O. The maximum atomic E-state index is 11.8. The Morgan fingerprint density at radius 1 is 1.60 bits per heavy atom. The summed E-state index contributed by atoms with van der Waals surface area (Å²) < 4.78 is 2.02. The fourth-order valence-electron chi connectivity index (χ4n) is 1.25. The van der Waals surface area contributed by atoms with E-state index in [-0.39, 0.29) is 11.6 Å². The normalized spacial score (nSPS) is 10.7. The van der Waals surface area contributed by atoms with E-state index >= 15 is 0 Å². The molecule has 0 radical (unpaired) electrons. The van der Waals surface area contributed by atoms with Crippen LogP contribution in [-0.2, 0) is 6.54 Å². The maximum Gasteiger partial charge on any atom is 0.283 e. The van der Waals surface area contributed by atoms with Crippen molar-refractivity contribution in [1.82, 2.24) is 9.78 Å². The van der Waals surface area contributed by atoms with Gasteiger partial charge >= 0.3 is 0 Å². The van der Waals surface area contributed by atoms with Crippen molar-refractivity contribution in [3.05, 3.63) is 21.0 Å². The third-order valence-corrected chi connectivity index (χ3v) is 2.63. The second kappa shape index (κ2) is 5.30. The molecule has 0 atom stereocenters. The van der Waals surface area contributed by atoms with E-state index in [9.17, 15) is 4.79 Å². The summed E-state index contributed by atoms with van der Waals surface area (Å²) in [7, 11) is 0. The van der Waals surface area contributed by atoms with Crippen molar-refractivity contribution in [3.63, 3.8) is 0 Å². The summed E-state index contributed by atoms with van der Waals surface area (Å²) in [5.41, 5.74) is 0.671. The number of halogens is 1. The highest BCUT2D eigenvalue weighted by Gasteiger charge is 2.08. The van der Waals surface area contributed by atoms with Crippen molar-refractivity contribution >= 4 is 21.6 Å². The second-order valence-corrected chi connectivity index (χ2v) is 4.49. The molecule has 1 aromatic heterocycles. The van der Waals surface area contributed by atoms with E-state index in [0.717, 1.165) is 12.1 Å². The van der Waals surface area contributed by atoms with Crippen LogP contribution >= 0.6 is 15.9 Å². The van der Waals surface area contributed by atoms with Gasteiger partial charge in [-0.1, -0.05) is 6.92 Å². The maximum absolute atomic E-state index is 11.8. The largest absolute Gasteiger partial charge is 0.380 e. The molecule has 0 fully saturated rings. The van der Waals surface area contributed by atoms with Crippen molar-refractivity contribution in [2.24, 2.45) is 0 Å². The summed E-state index contributed by atoms with van der Waals surface area (Å²) in [6.07, 6.45) is 2.58. The predicted molar refractivity (Wildman–Crippen MR) is 65.2 cm³/mol. The lowest BCUT2D eigenvalue weighted by atomic mass is 10.3. The van der Waals surface area contributed by atoms with Gasteiger partial charge in [0, 0.05) is 12.6 Å². The minimum absolute atomic E-state index is 0.0810. The number of aryl methyl sites for hydroxylation is 1. The van der Waals surface area contributed by atoms with E-state index in [0.29, 0.717) is 11.0 Å². The predicted octanol–water partition coefficient (Wildman–Crippen LogP) is 2.24. The summed E-state index contributed by atoms with van der Waals surface area (Å²) >= 11 is 3.29. The minimum Gasteiger partial charge on any atom is -0.380 e. The van der Waals surface area contributed by atoms with Gasteiger partial charge in [-0.15, -0.1) is 0 Å². The van der Waals surface area contributed by atoms with Gasteiger partial charge in [-0.2, -0.15) is 5.10 Å². The minimum atomic E-state index is -0.0810. The number of anilines is 1. The molecule has 1 N–H and O–H groups in total. The Bertz CT molecular complexity index is 387. The molecule has 15 heavy (non-hydrogen) atoms. The zero-order valence-corrected chi connectivity index (χ0v) is 10.8. The van der Waals surface area contributed by atoms with Crippen molar-refractivity contribution in [2.75, 3.05) is 5.32 Å². The quantitative estimate of drug-likeness (QED) is 0.915. The van der Waals surface area contributed by atoms with Gasteiger partial charge in [0.25, 0.3) is 5.56 Å². The van der Waals surface area contributed by atoms with E-state index in [1.807, 2.05) is 20.8 Å². The Kier molecular flexibility index (Phi) is 4.32. The average molecular weight is 274 g/mol. The molecule has 0 saturated carbocycles. The number of nitrogens with one attached hydrogen (secondary N) is 1. The highest BCUT2D eigenvalue weighted by molar-refractivity contribution is 9.10. The van der Waals surface area contributed by atoms with Crippen LogP contribution in [0, 0.1) is 0 Å². The standard InChI is InChI=1S/C10H16BrN3O/c1-4-5-14-10(15)9(11)8(6-12-14)13-7(2)3/h6-7,13H,4-5H2,1-3H3. The topological polar surface area (TPSA) is 46.9 Å². The van der Waals surface area contributed by atoms with Gasteiger partial charge < -0.3 is 5.32 Å². The molecule has 0 bridgehead atoms. The Balaban J connectivity index is 3.04. The molecule has 0 saturated heterocycles. The smallest absolute Gasteiger partial charge is 0.283 e. The molecule has 0 unspecified atom stereocenters. The first-order valence-electron chi connectivity index (χ1n) is 5.08. The zero-order chi connectivity index (χ0) is 11.4. The van der Waals surface area contributed by atoms with E-state index in [2.05, 4.69) is 26.3 Å². The van der Waals surface area contributed by atoms with E-state index in [1.165, 1.54) is 4.68 Å². The van der Waals surface area contributed by atoms with Gasteiger partial charge in [0.1, 0.15) is 4.47 Å². The van der Waals surface area contributed by atoms with Crippen molar-refractivity contribution in [2.45, 2.75) is 39.8 Å². The number of rotatable bonds is 4. The lowest BCUT2D eigenvalue weighted by Crippen LogP contribution is -2.25. The fourth-order valence-corrected chi connectivity index (χ4v) is 1.67. The van der Waals surface area contributed by atoms with Crippen LogP contribution in [0.4, 0.5) is 5.69 Å². The number of aromatic nitrogens is 2. The van der Waals surface area contributed by atoms with E-state index in [4.69, 9.17) is 0 Å². The first kappa shape index (κ1) is 12.2. The Labute approximate surface area is 97.8 Å². The Hall–Kier alpha value is -0.840. The van der Waals surface area contributed by atoms with Crippen molar-refractivity contribution < 1.29 is 0 Å². The second-order valence-electron chi connectivity index (χ2n) is 3.70. The van der Waals surface area contributed by atoms with Gasteiger partial charge in [0.05, 0.1) is 11.9 Å². The molecule has 0 spiro atoms. The van der Waals surface area contributed by atoms with Gasteiger partial charge in [0.15, 0.2) is 0 Å². The van der Waals surface area contributed by atoms with Crippen LogP contribution < -0.4 is 10.9 Å². The third kappa shape index (κ3) is 3.06. The van der Waals surface area contributed by atoms with Crippen LogP contribution in [-0.4, -0.2) is 15.8 Å². The van der Waals surface area contributed by atoms with Crippen LogP contribution in [0.15, 0.2) is 15.5 Å². The molecule has 0 aliphatic heterocycles. The van der Waals surface area contributed by atoms with E-state index < -0.39 is 0 Å². The van der Waals surface area contributed by atoms with Gasteiger partial charge in [-0.25, -0.2) is 4.68 Å². The zero-order valence-electron chi connectivity index (χ0n) is 9.25. The Morgan fingerprint density at radius 3 is 2.80 bits per heavy atom. The molecule has 1 aromatic rings. The van der Waals surface area contributed by atoms with Crippen LogP contribution in [0.25, 0.3) is 0 Å². The first-order chi connectivity index (χ1) is 7.06. The molecule has 0 aliphatic rings. The summed E-state index contributed by atoms with van der Waals surface area (Å²) in [6, 6.07) is 0.282. The lowest BCUT2D eigenvalue weighted by Gasteiger charge is -2.12. The number of hydrogen-bond acceptors (Lipinski definition) is 3. The molecule has 1 heterocycles. The van der Waals surface area contributed by atoms with Gasteiger partial charge in [-0.05, 0) is 36.2 Å².